The Labute approximate surface area is 148 Å². The highest BCUT2D eigenvalue weighted by atomic mass is 16.6. The third-order valence-corrected chi connectivity index (χ3v) is 5.11. The summed E-state index contributed by atoms with van der Waals surface area (Å²) in [6.45, 7) is 4.22. The fourth-order valence-electron chi connectivity index (χ4n) is 3.72. The van der Waals surface area contributed by atoms with Gasteiger partial charge in [-0.05, 0) is 51.3 Å². The second-order valence-electron chi connectivity index (χ2n) is 6.78. The number of hydrogen-bond acceptors (Lipinski definition) is 5. The summed E-state index contributed by atoms with van der Waals surface area (Å²) in [6.07, 6.45) is 3.21. The lowest BCUT2D eigenvalue weighted by atomic mass is 9.95. The van der Waals surface area contributed by atoms with Crippen LogP contribution in [0.5, 0.6) is 11.5 Å². The van der Waals surface area contributed by atoms with E-state index in [1.807, 2.05) is 23.1 Å². The van der Waals surface area contributed by atoms with Gasteiger partial charge in [0.25, 0.3) is 5.91 Å². The number of hydrogen-bond donors (Lipinski definition) is 0. The monoisotopic (exact) mass is 346 g/mol. The SMILES string of the molecule is COc1ccc(C2=NO[C@H](C(=O)N3[C@H](C)CCC[C@H]3C)C2)cc1OC. The van der Waals surface area contributed by atoms with Gasteiger partial charge in [0.1, 0.15) is 0 Å². The first kappa shape index (κ1) is 17.6. The van der Waals surface area contributed by atoms with Gasteiger partial charge in [-0.1, -0.05) is 5.16 Å². The van der Waals surface area contributed by atoms with Gasteiger partial charge in [0.2, 0.25) is 6.10 Å². The van der Waals surface area contributed by atoms with Gasteiger partial charge in [-0.15, -0.1) is 0 Å². The number of likely N-dealkylation sites (tertiary alicyclic amines) is 1. The van der Waals surface area contributed by atoms with Crippen molar-refractivity contribution in [2.45, 2.75) is 57.7 Å². The molecule has 25 heavy (non-hydrogen) atoms. The number of methoxy groups -OCH3 is 2. The average Bonchev–Trinajstić information content (AvgIpc) is 3.11. The second kappa shape index (κ2) is 7.33. The molecular formula is C19H26N2O4. The number of amides is 1. The summed E-state index contributed by atoms with van der Waals surface area (Å²) in [7, 11) is 3.20. The highest BCUT2D eigenvalue weighted by Gasteiger charge is 2.37. The smallest absolute Gasteiger partial charge is 0.267 e. The first-order valence-electron chi connectivity index (χ1n) is 8.82. The molecule has 0 aromatic heterocycles. The van der Waals surface area contributed by atoms with Crippen LogP contribution in [-0.2, 0) is 9.63 Å². The molecule has 2 aliphatic heterocycles. The lowest BCUT2D eigenvalue weighted by Gasteiger charge is -2.39. The van der Waals surface area contributed by atoms with Crippen LogP contribution in [0.1, 0.15) is 45.1 Å². The topological polar surface area (TPSA) is 60.4 Å². The Morgan fingerprint density at radius 3 is 2.48 bits per heavy atom. The molecule has 3 atom stereocenters. The lowest BCUT2D eigenvalue weighted by molar-refractivity contribution is -0.148. The van der Waals surface area contributed by atoms with Crippen molar-refractivity contribution < 1.29 is 19.1 Å². The number of benzene rings is 1. The van der Waals surface area contributed by atoms with Crippen molar-refractivity contribution >= 4 is 11.6 Å². The molecule has 0 unspecified atom stereocenters. The van der Waals surface area contributed by atoms with E-state index in [2.05, 4.69) is 19.0 Å². The third kappa shape index (κ3) is 3.43. The van der Waals surface area contributed by atoms with E-state index in [9.17, 15) is 4.79 Å². The van der Waals surface area contributed by atoms with Gasteiger partial charge >= 0.3 is 0 Å². The highest BCUT2D eigenvalue weighted by molar-refractivity contribution is 6.04. The Balaban J connectivity index is 1.71. The van der Waals surface area contributed by atoms with Gasteiger partial charge < -0.3 is 19.2 Å². The van der Waals surface area contributed by atoms with Crippen molar-refractivity contribution in [2.24, 2.45) is 5.16 Å². The van der Waals surface area contributed by atoms with Crippen LogP contribution in [0.15, 0.2) is 23.4 Å². The maximum atomic E-state index is 12.9. The zero-order valence-corrected chi connectivity index (χ0v) is 15.3. The van der Waals surface area contributed by atoms with E-state index in [-0.39, 0.29) is 18.0 Å². The average molecular weight is 346 g/mol. The van der Waals surface area contributed by atoms with Crippen LogP contribution in [0.25, 0.3) is 0 Å². The van der Waals surface area contributed by atoms with E-state index in [0.717, 1.165) is 24.1 Å². The minimum Gasteiger partial charge on any atom is -0.493 e. The molecule has 2 aliphatic rings. The molecule has 3 rings (SSSR count). The van der Waals surface area contributed by atoms with Crippen LogP contribution in [0.2, 0.25) is 0 Å². The van der Waals surface area contributed by atoms with E-state index in [0.29, 0.717) is 17.9 Å². The molecule has 0 bridgehead atoms. The van der Waals surface area contributed by atoms with Crippen molar-refractivity contribution in [3.05, 3.63) is 23.8 Å². The quantitative estimate of drug-likeness (QED) is 0.841. The molecule has 0 N–H and O–H groups in total. The summed E-state index contributed by atoms with van der Waals surface area (Å²) in [5.74, 6) is 1.34. The maximum Gasteiger partial charge on any atom is 0.267 e. The van der Waals surface area contributed by atoms with E-state index in [1.54, 1.807) is 14.2 Å². The molecule has 1 amide bonds. The zero-order valence-electron chi connectivity index (χ0n) is 15.3. The van der Waals surface area contributed by atoms with E-state index < -0.39 is 6.10 Å². The predicted molar refractivity (Wildman–Crippen MR) is 95.2 cm³/mol. The molecule has 1 aromatic carbocycles. The van der Waals surface area contributed by atoms with Crippen LogP contribution in [0.4, 0.5) is 0 Å². The molecule has 0 aliphatic carbocycles. The minimum absolute atomic E-state index is 0.0407. The molecule has 0 radical (unpaired) electrons. The van der Waals surface area contributed by atoms with Gasteiger partial charge in [0.05, 0.1) is 19.9 Å². The Morgan fingerprint density at radius 1 is 1.16 bits per heavy atom. The van der Waals surface area contributed by atoms with E-state index in [4.69, 9.17) is 14.3 Å². The van der Waals surface area contributed by atoms with Crippen LogP contribution < -0.4 is 9.47 Å². The number of nitrogens with zero attached hydrogens (tertiary/aromatic N) is 2. The number of oxime groups is 1. The molecule has 0 spiro atoms. The van der Waals surface area contributed by atoms with Crippen molar-refractivity contribution in [1.82, 2.24) is 4.90 Å². The summed E-state index contributed by atoms with van der Waals surface area (Å²) < 4.78 is 10.6. The summed E-state index contributed by atoms with van der Waals surface area (Å²) in [6, 6.07) is 6.11. The molecule has 1 aromatic rings. The standard InChI is InChI=1S/C19H26N2O4/c1-12-6-5-7-13(2)21(12)19(22)18-11-15(20-25-18)14-8-9-16(23-3)17(10-14)24-4/h8-10,12-13,18H,5-7,11H2,1-4H3/t12-,13-,18+/m1/s1. The Hall–Kier alpha value is -2.24. The van der Waals surface area contributed by atoms with Crippen molar-refractivity contribution in [3.63, 3.8) is 0 Å². The Kier molecular flexibility index (Phi) is 5.16. The number of carbonyl (C=O) groups excluding carboxylic acids is 1. The van der Waals surface area contributed by atoms with Crippen molar-refractivity contribution in [3.8, 4) is 11.5 Å². The normalized spacial score (nSPS) is 26.0. The van der Waals surface area contributed by atoms with Crippen molar-refractivity contribution in [1.29, 1.82) is 0 Å². The third-order valence-electron chi connectivity index (χ3n) is 5.11. The van der Waals surface area contributed by atoms with Crippen LogP contribution >= 0.6 is 0 Å². The molecule has 6 nitrogen and oxygen atoms in total. The highest BCUT2D eigenvalue weighted by Crippen LogP contribution is 2.31. The van der Waals surface area contributed by atoms with Crippen LogP contribution in [0, 0.1) is 0 Å². The van der Waals surface area contributed by atoms with Gasteiger partial charge in [-0.25, -0.2) is 0 Å². The summed E-state index contributed by atoms with van der Waals surface area (Å²) in [5, 5.41) is 4.16. The second-order valence-corrected chi connectivity index (χ2v) is 6.78. The zero-order chi connectivity index (χ0) is 18.0. The number of rotatable bonds is 4. The molecule has 2 heterocycles. The summed E-state index contributed by atoms with van der Waals surface area (Å²) >= 11 is 0. The molecule has 6 heteroatoms. The number of piperidine rings is 1. The first-order chi connectivity index (χ1) is 12.0. The van der Waals surface area contributed by atoms with Crippen LogP contribution in [0.3, 0.4) is 0 Å². The van der Waals surface area contributed by atoms with Crippen molar-refractivity contribution in [2.75, 3.05) is 14.2 Å². The Bertz CT molecular complexity index is 663. The maximum absolute atomic E-state index is 12.9. The molecule has 136 valence electrons. The van der Waals surface area contributed by atoms with Gasteiger partial charge in [-0.3, -0.25) is 4.79 Å². The molecule has 0 saturated carbocycles. The number of ether oxygens (including phenoxy) is 2. The first-order valence-corrected chi connectivity index (χ1v) is 8.82. The largest absolute Gasteiger partial charge is 0.493 e. The van der Waals surface area contributed by atoms with E-state index >= 15 is 0 Å². The summed E-state index contributed by atoms with van der Waals surface area (Å²) in [5.41, 5.74) is 1.64. The van der Waals surface area contributed by atoms with Gasteiger partial charge in [0.15, 0.2) is 11.5 Å². The molecular weight excluding hydrogens is 320 g/mol. The molecule has 1 fully saturated rings. The minimum atomic E-state index is -0.536. The lowest BCUT2D eigenvalue weighted by Crippen LogP contribution is -2.51. The van der Waals surface area contributed by atoms with Gasteiger partial charge in [0, 0.05) is 24.1 Å². The fourth-order valence-corrected chi connectivity index (χ4v) is 3.72. The fraction of sp³-hybridized carbons (Fsp3) is 0.579. The molecule has 1 saturated heterocycles. The number of carbonyl (C=O) groups is 1. The van der Waals surface area contributed by atoms with Gasteiger partial charge in [-0.2, -0.15) is 0 Å². The summed E-state index contributed by atoms with van der Waals surface area (Å²) in [4.78, 5) is 20.4. The Morgan fingerprint density at radius 2 is 1.84 bits per heavy atom. The van der Waals surface area contributed by atoms with Crippen LogP contribution in [-0.4, -0.2) is 48.9 Å². The van der Waals surface area contributed by atoms with E-state index in [1.165, 1.54) is 6.42 Å². The predicted octanol–water partition coefficient (Wildman–Crippen LogP) is 2.99.